The molecule has 1 aliphatic heterocycles. The van der Waals surface area contributed by atoms with Crippen LogP contribution in [0.25, 0.3) is 0 Å². The lowest BCUT2D eigenvalue weighted by atomic mass is 10.1. The van der Waals surface area contributed by atoms with Crippen LogP contribution in [-0.2, 0) is 11.2 Å². The summed E-state index contributed by atoms with van der Waals surface area (Å²) in [6, 6.07) is 8.57. The molecule has 0 atom stereocenters. The number of amides is 1. The predicted octanol–water partition coefficient (Wildman–Crippen LogP) is 1.59. The lowest BCUT2D eigenvalue weighted by Gasteiger charge is -2.19. The Hall–Kier alpha value is -2.56. The van der Waals surface area contributed by atoms with Gasteiger partial charge in [0.2, 0.25) is 5.91 Å². The molecular weight excluding hydrogens is 244 g/mol. The SMILES string of the molecule is O=C1CNc2ccc(Cc3cc(=O)cco3)cc2N1. The van der Waals surface area contributed by atoms with Gasteiger partial charge in [-0.25, -0.2) is 0 Å². The zero-order chi connectivity index (χ0) is 13.2. The maximum absolute atomic E-state index is 11.3. The van der Waals surface area contributed by atoms with E-state index in [2.05, 4.69) is 10.6 Å². The van der Waals surface area contributed by atoms with E-state index in [0.717, 1.165) is 16.9 Å². The first-order valence-corrected chi connectivity index (χ1v) is 5.95. The number of benzene rings is 1. The molecule has 0 spiro atoms. The molecule has 19 heavy (non-hydrogen) atoms. The highest BCUT2D eigenvalue weighted by atomic mass is 16.3. The molecule has 0 aliphatic carbocycles. The van der Waals surface area contributed by atoms with Crippen LogP contribution < -0.4 is 16.1 Å². The second kappa shape index (κ2) is 4.61. The summed E-state index contributed by atoms with van der Waals surface area (Å²) in [5.41, 5.74) is 2.55. The normalized spacial score (nSPS) is 13.4. The number of carbonyl (C=O) groups is 1. The Morgan fingerprint density at radius 1 is 1.11 bits per heavy atom. The average molecular weight is 256 g/mol. The molecule has 3 rings (SSSR count). The van der Waals surface area contributed by atoms with E-state index in [1.807, 2.05) is 18.2 Å². The fourth-order valence-corrected chi connectivity index (χ4v) is 2.05. The van der Waals surface area contributed by atoms with Crippen molar-refractivity contribution in [3.63, 3.8) is 0 Å². The van der Waals surface area contributed by atoms with E-state index in [0.29, 0.717) is 18.7 Å². The second-order valence-corrected chi connectivity index (χ2v) is 4.39. The Morgan fingerprint density at radius 3 is 2.84 bits per heavy atom. The third kappa shape index (κ3) is 2.49. The van der Waals surface area contributed by atoms with Gasteiger partial charge in [-0.1, -0.05) is 6.07 Å². The van der Waals surface area contributed by atoms with Gasteiger partial charge < -0.3 is 15.1 Å². The summed E-state index contributed by atoms with van der Waals surface area (Å²) < 4.78 is 5.27. The number of rotatable bonds is 2. The molecule has 0 bridgehead atoms. The van der Waals surface area contributed by atoms with Crippen LogP contribution in [0, 0.1) is 0 Å². The minimum Gasteiger partial charge on any atom is -0.469 e. The Bertz CT molecular complexity index is 691. The smallest absolute Gasteiger partial charge is 0.243 e. The van der Waals surface area contributed by atoms with E-state index in [9.17, 15) is 9.59 Å². The topological polar surface area (TPSA) is 71.3 Å². The van der Waals surface area contributed by atoms with Crippen molar-refractivity contribution < 1.29 is 9.21 Å². The molecule has 5 heteroatoms. The highest BCUT2D eigenvalue weighted by molar-refractivity contribution is 6.00. The molecule has 0 saturated carbocycles. The first-order valence-electron chi connectivity index (χ1n) is 5.95. The molecule has 1 aromatic heterocycles. The summed E-state index contributed by atoms with van der Waals surface area (Å²) >= 11 is 0. The van der Waals surface area contributed by atoms with Gasteiger partial charge in [0.15, 0.2) is 5.43 Å². The van der Waals surface area contributed by atoms with E-state index in [1.165, 1.54) is 18.4 Å². The van der Waals surface area contributed by atoms with Crippen molar-refractivity contribution in [1.82, 2.24) is 0 Å². The Balaban J connectivity index is 1.88. The number of hydrogen-bond acceptors (Lipinski definition) is 4. The van der Waals surface area contributed by atoms with Crippen molar-refractivity contribution in [3.8, 4) is 0 Å². The summed E-state index contributed by atoms with van der Waals surface area (Å²) in [7, 11) is 0. The molecule has 1 aliphatic rings. The zero-order valence-electron chi connectivity index (χ0n) is 10.1. The van der Waals surface area contributed by atoms with Gasteiger partial charge in [0.25, 0.3) is 0 Å². The lowest BCUT2D eigenvalue weighted by Crippen LogP contribution is -2.27. The first-order chi connectivity index (χ1) is 9.20. The molecule has 0 fully saturated rings. The third-order valence-electron chi connectivity index (χ3n) is 2.93. The molecule has 2 heterocycles. The van der Waals surface area contributed by atoms with Crippen molar-refractivity contribution in [3.05, 3.63) is 58.1 Å². The Labute approximate surface area is 109 Å². The number of fused-ring (bicyclic) bond motifs is 1. The van der Waals surface area contributed by atoms with Crippen LogP contribution in [0.2, 0.25) is 0 Å². The minimum absolute atomic E-state index is 0.0594. The monoisotopic (exact) mass is 256 g/mol. The Kier molecular flexibility index (Phi) is 2.79. The fraction of sp³-hybridized carbons (Fsp3) is 0.143. The molecule has 96 valence electrons. The molecule has 5 nitrogen and oxygen atoms in total. The third-order valence-corrected chi connectivity index (χ3v) is 2.93. The van der Waals surface area contributed by atoms with Gasteiger partial charge in [-0.05, 0) is 17.7 Å². The van der Waals surface area contributed by atoms with E-state index in [1.54, 1.807) is 0 Å². The molecule has 2 N–H and O–H groups in total. The predicted molar refractivity (Wildman–Crippen MR) is 71.3 cm³/mol. The second-order valence-electron chi connectivity index (χ2n) is 4.39. The lowest BCUT2D eigenvalue weighted by molar-refractivity contribution is -0.114. The number of carbonyl (C=O) groups excluding carboxylic acids is 1. The summed E-state index contributed by atoms with van der Waals surface area (Å²) in [4.78, 5) is 22.5. The number of anilines is 2. The molecular formula is C14H12N2O3. The van der Waals surface area contributed by atoms with Crippen molar-refractivity contribution in [2.45, 2.75) is 6.42 Å². The molecule has 0 saturated heterocycles. The van der Waals surface area contributed by atoms with E-state index in [4.69, 9.17) is 4.42 Å². The first kappa shape index (κ1) is 11.5. The average Bonchev–Trinajstić information content (AvgIpc) is 2.38. The van der Waals surface area contributed by atoms with Gasteiger partial charge in [-0.15, -0.1) is 0 Å². The van der Waals surface area contributed by atoms with E-state index >= 15 is 0 Å². The van der Waals surface area contributed by atoms with Gasteiger partial charge in [-0.2, -0.15) is 0 Å². The fourth-order valence-electron chi connectivity index (χ4n) is 2.05. The van der Waals surface area contributed by atoms with Crippen molar-refractivity contribution >= 4 is 17.3 Å². The molecule has 1 amide bonds. The van der Waals surface area contributed by atoms with E-state index < -0.39 is 0 Å². The zero-order valence-corrected chi connectivity index (χ0v) is 10.1. The molecule has 0 unspecified atom stereocenters. The summed E-state index contributed by atoms with van der Waals surface area (Å²) in [6.45, 7) is 0.292. The van der Waals surface area contributed by atoms with Crippen LogP contribution in [0.5, 0.6) is 0 Å². The summed E-state index contributed by atoms with van der Waals surface area (Å²) in [5.74, 6) is 0.540. The molecule has 1 aromatic carbocycles. The van der Waals surface area contributed by atoms with Gasteiger partial charge >= 0.3 is 0 Å². The molecule has 0 radical (unpaired) electrons. The standard InChI is InChI=1S/C14H12N2O3/c17-10-3-4-19-11(7-10)5-9-1-2-12-13(6-9)16-14(18)8-15-12/h1-4,6-7,15H,5,8H2,(H,16,18). The van der Waals surface area contributed by atoms with Crippen LogP contribution in [-0.4, -0.2) is 12.5 Å². The number of hydrogen-bond donors (Lipinski definition) is 2. The van der Waals surface area contributed by atoms with Crippen molar-refractivity contribution in [2.24, 2.45) is 0 Å². The van der Waals surface area contributed by atoms with Crippen LogP contribution >= 0.6 is 0 Å². The molecule has 2 aromatic rings. The van der Waals surface area contributed by atoms with E-state index in [-0.39, 0.29) is 11.3 Å². The highest BCUT2D eigenvalue weighted by Gasteiger charge is 2.14. The van der Waals surface area contributed by atoms with Crippen molar-refractivity contribution in [1.29, 1.82) is 0 Å². The summed E-state index contributed by atoms with van der Waals surface area (Å²) in [5, 5.41) is 5.83. The quantitative estimate of drug-likeness (QED) is 0.856. The van der Waals surface area contributed by atoms with Gasteiger partial charge in [0.1, 0.15) is 5.76 Å². The van der Waals surface area contributed by atoms with Crippen LogP contribution in [0.3, 0.4) is 0 Å². The maximum Gasteiger partial charge on any atom is 0.243 e. The van der Waals surface area contributed by atoms with Crippen molar-refractivity contribution in [2.75, 3.05) is 17.2 Å². The summed E-state index contributed by atoms with van der Waals surface area (Å²) in [6.07, 6.45) is 1.90. The Morgan fingerprint density at radius 2 is 2.00 bits per heavy atom. The largest absolute Gasteiger partial charge is 0.469 e. The van der Waals surface area contributed by atoms with Gasteiger partial charge in [-0.3, -0.25) is 9.59 Å². The van der Waals surface area contributed by atoms with Crippen LogP contribution in [0.15, 0.2) is 45.8 Å². The van der Waals surface area contributed by atoms with Gasteiger partial charge in [0.05, 0.1) is 24.2 Å². The van der Waals surface area contributed by atoms with Gasteiger partial charge in [0, 0.05) is 18.6 Å². The maximum atomic E-state index is 11.3. The van der Waals surface area contributed by atoms with Crippen LogP contribution in [0.1, 0.15) is 11.3 Å². The van der Waals surface area contributed by atoms with Crippen LogP contribution in [0.4, 0.5) is 11.4 Å². The minimum atomic E-state index is -0.0748. The number of nitrogens with one attached hydrogen (secondary N) is 2. The highest BCUT2D eigenvalue weighted by Crippen LogP contribution is 2.26.